The van der Waals surface area contributed by atoms with E-state index in [-0.39, 0.29) is 0 Å². The first-order valence-electron chi connectivity index (χ1n) is 21.2. The van der Waals surface area contributed by atoms with E-state index >= 15 is 0 Å². The van der Waals surface area contributed by atoms with Crippen LogP contribution in [0.5, 0.6) is 0 Å². The van der Waals surface area contributed by atoms with Gasteiger partial charge in [-0.15, -0.1) is 68.0 Å². The van der Waals surface area contributed by atoms with E-state index in [9.17, 15) is 0 Å². The van der Waals surface area contributed by atoms with Crippen LogP contribution >= 0.6 is 68.0 Å². The maximum atomic E-state index is 2.49. The van der Waals surface area contributed by atoms with Crippen molar-refractivity contribution in [1.82, 2.24) is 0 Å². The number of thiophene rings is 6. The van der Waals surface area contributed by atoms with Gasteiger partial charge in [0.05, 0.1) is 0 Å². The van der Waals surface area contributed by atoms with E-state index in [2.05, 4.69) is 87.0 Å². The van der Waals surface area contributed by atoms with E-state index in [1.54, 1.807) is 22.3 Å². The van der Waals surface area contributed by atoms with Gasteiger partial charge in [-0.3, -0.25) is 0 Å². The molecular weight excluding hydrogens is 769 g/mol. The standard InChI is InChI=1S/C48H62S6/c1-5-9-13-17-21-35-33-49-47(37(35)23-19-15-11-7-3)45-31-29-43(53-45)41-27-25-39(51-41)40-26-28-42(52-40)44-30-32-46(54-44)48-38(24-20-16-12-8-4)36(34-50-48)22-18-14-10-6-2/h25-34H,5-24H2,1-4H3. The quantitative estimate of drug-likeness (QED) is 0.0504. The molecule has 0 bridgehead atoms. The predicted octanol–water partition coefficient (Wildman–Crippen LogP) is 18.9. The van der Waals surface area contributed by atoms with Crippen molar-refractivity contribution in [2.45, 2.75) is 156 Å². The van der Waals surface area contributed by atoms with Crippen molar-refractivity contribution in [3.8, 4) is 48.8 Å². The summed E-state index contributed by atoms with van der Waals surface area (Å²) in [6.07, 6.45) is 26.3. The molecule has 0 aromatic carbocycles. The summed E-state index contributed by atoms with van der Waals surface area (Å²) in [5, 5.41) is 4.98. The molecule has 0 atom stereocenters. The summed E-state index contributed by atoms with van der Waals surface area (Å²) >= 11 is 11.9. The van der Waals surface area contributed by atoms with E-state index in [1.807, 2.05) is 68.0 Å². The van der Waals surface area contributed by atoms with Gasteiger partial charge in [-0.05, 0) is 133 Å². The highest BCUT2D eigenvalue weighted by Crippen LogP contribution is 2.47. The van der Waals surface area contributed by atoms with Gasteiger partial charge in [0.1, 0.15) is 0 Å². The zero-order valence-electron chi connectivity index (χ0n) is 33.4. The lowest BCUT2D eigenvalue weighted by Crippen LogP contribution is -1.93. The number of unbranched alkanes of at least 4 members (excludes halogenated alkanes) is 12. The summed E-state index contributed by atoms with van der Waals surface area (Å²) in [6, 6.07) is 19.0. The van der Waals surface area contributed by atoms with Crippen molar-refractivity contribution in [3.05, 3.63) is 81.5 Å². The van der Waals surface area contributed by atoms with Crippen LogP contribution in [0.4, 0.5) is 0 Å². The average Bonchev–Trinajstić information content (AvgIpc) is 4.04. The fourth-order valence-corrected chi connectivity index (χ4v) is 14.5. The Bertz CT molecular complexity index is 1810. The Morgan fingerprint density at radius 3 is 0.907 bits per heavy atom. The average molecular weight is 831 g/mol. The number of rotatable bonds is 25. The number of hydrogen-bond donors (Lipinski definition) is 0. The highest BCUT2D eigenvalue weighted by atomic mass is 32.1. The Labute approximate surface area is 351 Å². The van der Waals surface area contributed by atoms with E-state index < -0.39 is 0 Å². The van der Waals surface area contributed by atoms with Gasteiger partial charge in [0.25, 0.3) is 0 Å². The first kappa shape index (κ1) is 41.8. The molecule has 0 fully saturated rings. The molecule has 6 rings (SSSR count). The molecular formula is C48H62S6. The Hall–Kier alpha value is -1.80. The molecule has 0 unspecified atom stereocenters. The van der Waals surface area contributed by atoms with Crippen LogP contribution in [0.15, 0.2) is 59.3 Å². The molecule has 290 valence electrons. The molecule has 0 saturated carbocycles. The first-order valence-corrected chi connectivity index (χ1v) is 26.3. The molecule has 6 aromatic rings. The number of aryl methyl sites for hydroxylation is 2. The highest BCUT2D eigenvalue weighted by molar-refractivity contribution is 7.30. The van der Waals surface area contributed by atoms with Crippen molar-refractivity contribution in [1.29, 1.82) is 0 Å². The van der Waals surface area contributed by atoms with Crippen molar-refractivity contribution >= 4 is 68.0 Å². The molecule has 0 N–H and O–H groups in total. The summed E-state index contributed by atoms with van der Waals surface area (Å²) in [5.74, 6) is 0. The molecule has 0 nitrogen and oxygen atoms in total. The minimum absolute atomic E-state index is 1.23. The molecule has 54 heavy (non-hydrogen) atoms. The van der Waals surface area contributed by atoms with Gasteiger partial charge in [-0.2, -0.15) is 0 Å². The van der Waals surface area contributed by atoms with Crippen molar-refractivity contribution in [3.63, 3.8) is 0 Å². The maximum absolute atomic E-state index is 2.49. The Kier molecular flexibility index (Phi) is 17.2. The Morgan fingerprint density at radius 2 is 0.593 bits per heavy atom. The molecule has 0 spiro atoms. The molecule has 0 aliphatic carbocycles. The van der Waals surface area contributed by atoms with Gasteiger partial charge in [0, 0.05) is 48.8 Å². The van der Waals surface area contributed by atoms with Crippen LogP contribution in [-0.4, -0.2) is 0 Å². The largest absolute Gasteiger partial charge is 0.142 e. The molecule has 6 aromatic heterocycles. The highest BCUT2D eigenvalue weighted by Gasteiger charge is 2.19. The molecule has 0 radical (unpaired) electrons. The molecule has 0 saturated heterocycles. The molecule has 6 heterocycles. The minimum atomic E-state index is 1.23. The van der Waals surface area contributed by atoms with Crippen LogP contribution in [0.1, 0.15) is 153 Å². The summed E-state index contributed by atoms with van der Waals surface area (Å²) < 4.78 is 0. The monoisotopic (exact) mass is 830 g/mol. The van der Waals surface area contributed by atoms with Crippen molar-refractivity contribution in [2.24, 2.45) is 0 Å². The second-order valence-corrected chi connectivity index (χ2v) is 21.1. The fraction of sp³-hybridized carbons (Fsp3) is 0.500. The minimum Gasteiger partial charge on any atom is -0.142 e. The SMILES string of the molecule is CCCCCCc1csc(-c2ccc(-c3ccc(-c4ccc(-c5ccc(-c6scc(CCCCCC)c6CCCCCC)s5)s4)s3)s2)c1CCCCCC. The van der Waals surface area contributed by atoms with Gasteiger partial charge >= 0.3 is 0 Å². The maximum Gasteiger partial charge on any atom is 0.0477 e. The summed E-state index contributed by atoms with van der Waals surface area (Å²) in [4.78, 5) is 14.4. The zero-order valence-corrected chi connectivity index (χ0v) is 38.3. The van der Waals surface area contributed by atoms with Crippen LogP contribution < -0.4 is 0 Å². The van der Waals surface area contributed by atoms with Gasteiger partial charge in [-0.25, -0.2) is 0 Å². The smallest absolute Gasteiger partial charge is 0.0477 e. The molecule has 6 heteroatoms. The normalized spacial score (nSPS) is 11.7. The number of hydrogen-bond acceptors (Lipinski definition) is 6. The lowest BCUT2D eigenvalue weighted by atomic mass is 9.98. The van der Waals surface area contributed by atoms with Gasteiger partial charge < -0.3 is 0 Å². The third-order valence-corrected chi connectivity index (χ3v) is 18.2. The van der Waals surface area contributed by atoms with Crippen LogP contribution in [0.25, 0.3) is 48.8 Å². The van der Waals surface area contributed by atoms with Crippen LogP contribution in [0.2, 0.25) is 0 Å². The summed E-state index contributed by atoms with van der Waals surface area (Å²) in [7, 11) is 0. The van der Waals surface area contributed by atoms with Gasteiger partial charge in [0.15, 0.2) is 0 Å². The van der Waals surface area contributed by atoms with Crippen LogP contribution in [0, 0.1) is 0 Å². The van der Waals surface area contributed by atoms with Crippen LogP contribution in [0.3, 0.4) is 0 Å². The second kappa shape index (κ2) is 22.2. The fourth-order valence-electron chi connectivity index (χ4n) is 7.55. The van der Waals surface area contributed by atoms with Crippen molar-refractivity contribution in [2.75, 3.05) is 0 Å². The van der Waals surface area contributed by atoms with Gasteiger partial charge in [-0.1, -0.05) is 105 Å². The predicted molar refractivity (Wildman–Crippen MR) is 252 cm³/mol. The zero-order chi connectivity index (χ0) is 37.5. The van der Waals surface area contributed by atoms with E-state index in [4.69, 9.17) is 0 Å². The first-order chi connectivity index (χ1) is 26.6. The second-order valence-electron chi connectivity index (χ2n) is 15.0. The summed E-state index contributed by atoms with van der Waals surface area (Å²) in [6.45, 7) is 9.25. The topological polar surface area (TPSA) is 0 Å². The van der Waals surface area contributed by atoms with Gasteiger partial charge in [0.2, 0.25) is 0 Å². The van der Waals surface area contributed by atoms with E-state index in [1.165, 1.54) is 177 Å². The van der Waals surface area contributed by atoms with E-state index in [0.717, 1.165) is 0 Å². The Morgan fingerprint density at radius 1 is 0.315 bits per heavy atom. The summed E-state index contributed by atoms with van der Waals surface area (Å²) in [5.41, 5.74) is 6.56. The molecule has 0 amide bonds. The van der Waals surface area contributed by atoms with Crippen LogP contribution in [-0.2, 0) is 25.7 Å². The third kappa shape index (κ3) is 11.2. The Balaban J connectivity index is 1.15. The van der Waals surface area contributed by atoms with E-state index in [0.29, 0.717) is 0 Å². The molecule has 0 aliphatic heterocycles. The third-order valence-electron chi connectivity index (χ3n) is 10.7. The van der Waals surface area contributed by atoms with Crippen molar-refractivity contribution < 1.29 is 0 Å². The lowest BCUT2D eigenvalue weighted by molar-refractivity contribution is 0.652. The molecule has 0 aliphatic rings. The lowest BCUT2D eigenvalue weighted by Gasteiger charge is -2.07.